The second kappa shape index (κ2) is 8.02. The van der Waals surface area contributed by atoms with Crippen molar-refractivity contribution in [3.8, 4) is 5.75 Å². The molecule has 0 aliphatic heterocycles. The minimum atomic E-state index is -0.279. The van der Waals surface area contributed by atoms with Crippen LogP contribution in [-0.4, -0.2) is 29.4 Å². The quantitative estimate of drug-likeness (QED) is 0.612. The van der Waals surface area contributed by atoms with Gasteiger partial charge in [-0.15, -0.1) is 0 Å². The Kier molecular flexibility index (Phi) is 6.85. The Morgan fingerprint density at radius 1 is 1.00 bits per heavy atom. The second-order valence-electron chi connectivity index (χ2n) is 8.37. The highest BCUT2D eigenvalue weighted by Crippen LogP contribution is 2.39. The highest BCUT2D eigenvalue weighted by atomic mass is 16.5. The molecule has 4 heteroatoms. The molecule has 0 atom stereocenters. The fourth-order valence-electron chi connectivity index (χ4n) is 2.56. The van der Waals surface area contributed by atoms with Crippen molar-refractivity contribution in [2.45, 2.75) is 71.6 Å². The number of carbonyl (C=O) groups excluding carboxylic acids is 1. The van der Waals surface area contributed by atoms with E-state index in [0.29, 0.717) is 25.2 Å². The van der Waals surface area contributed by atoms with Crippen LogP contribution in [0.5, 0.6) is 5.75 Å². The summed E-state index contributed by atoms with van der Waals surface area (Å²) in [5.74, 6) is 0.0356. The molecule has 4 nitrogen and oxygen atoms in total. The lowest BCUT2D eigenvalue weighted by Crippen LogP contribution is -2.19. The Hall–Kier alpha value is -1.55. The lowest BCUT2D eigenvalue weighted by Gasteiger charge is -2.28. The van der Waals surface area contributed by atoms with E-state index in [-0.39, 0.29) is 29.8 Å². The van der Waals surface area contributed by atoms with E-state index in [0.717, 1.165) is 16.7 Å². The molecule has 0 aliphatic rings. The molecule has 0 saturated heterocycles. The molecule has 0 aliphatic carbocycles. The van der Waals surface area contributed by atoms with Crippen molar-refractivity contribution in [2.24, 2.45) is 0 Å². The largest absolute Gasteiger partial charge is 0.507 e. The fourth-order valence-corrected chi connectivity index (χ4v) is 2.56. The van der Waals surface area contributed by atoms with Gasteiger partial charge in [0, 0.05) is 6.61 Å². The summed E-state index contributed by atoms with van der Waals surface area (Å²) in [6.07, 6.45) is 1.48. The summed E-state index contributed by atoms with van der Waals surface area (Å²) in [5, 5.41) is 19.4. The highest BCUT2D eigenvalue weighted by molar-refractivity contribution is 5.73. The Labute approximate surface area is 145 Å². The highest BCUT2D eigenvalue weighted by Gasteiger charge is 2.26. The molecule has 24 heavy (non-hydrogen) atoms. The lowest BCUT2D eigenvalue weighted by molar-refractivity contribution is -0.143. The lowest BCUT2D eigenvalue weighted by atomic mass is 9.78. The summed E-state index contributed by atoms with van der Waals surface area (Å²) in [6.45, 7) is 12.7. The van der Waals surface area contributed by atoms with Gasteiger partial charge in [-0.1, -0.05) is 53.7 Å². The van der Waals surface area contributed by atoms with Crippen molar-refractivity contribution in [2.75, 3.05) is 13.2 Å². The van der Waals surface area contributed by atoms with Crippen molar-refractivity contribution in [3.63, 3.8) is 0 Å². The molecular formula is C20H32O4. The number of aliphatic hydroxyl groups is 1. The Balaban J connectivity index is 3.05. The number of carbonyl (C=O) groups is 1. The monoisotopic (exact) mass is 336 g/mol. The minimum Gasteiger partial charge on any atom is -0.507 e. The van der Waals surface area contributed by atoms with Crippen molar-refractivity contribution < 1.29 is 19.7 Å². The normalized spacial score (nSPS) is 12.3. The van der Waals surface area contributed by atoms with Crippen LogP contribution in [0, 0.1) is 0 Å². The number of ether oxygens (including phenoxy) is 1. The molecule has 0 spiro atoms. The Bertz CT molecular complexity index is 527. The Morgan fingerprint density at radius 2 is 1.50 bits per heavy atom. The van der Waals surface area contributed by atoms with Crippen molar-refractivity contribution in [1.29, 1.82) is 0 Å². The number of aliphatic hydroxyl groups excluding tert-OH is 1. The molecule has 1 aromatic carbocycles. The molecule has 0 saturated carbocycles. The van der Waals surface area contributed by atoms with E-state index in [1.807, 2.05) is 53.7 Å². The predicted octanol–water partition coefficient (Wildman–Crippen LogP) is 3.85. The topological polar surface area (TPSA) is 66.8 Å². The first-order chi connectivity index (χ1) is 11.0. The number of phenols is 1. The number of hydrogen-bond donors (Lipinski definition) is 2. The van der Waals surface area contributed by atoms with Crippen LogP contribution < -0.4 is 0 Å². The summed E-state index contributed by atoms with van der Waals surface area (Å²) in [4.78, 5) is 12.0. The smallest absolute Gasteiger partial charge is 0.310 e. The van der Waals surface area contributed by atoms with Crippen LogP contribution in [0.25, 0.3) is 0 Å². The zero-order valence-electron chi connectivity index (χ0n) is 15.9. The molecule has 1 aromatic rings. The van der Waals surface area contributed by atoms with Crippen LogP contribution in [0.4, 0.5) is 0 Å². The molecule has 2 N–H and O–H groups in total. The third-order valence-corrected chi connectivity index (χ3v) is 3.95. The van der Waals surface area contributed by atoms with E-state index < -0.39 is 0 Å². The molecule has 0 fully saturated rings. The van der Waals surface area contributed by atoms with Gasteiger partial charge in [-0.25, -0.2) is 0 Å². The van der Waals surface area contributed by atoms with Gasteiger partial charge in [0.05, 0.1) is 13.0 Å². The van der Waals surface area contributed by atoms with Crippen LogP contribution >= 0.6 is 0 Å². The number of hydrogen-bond acceptors (Lipinski definition) is 4. The maximum Gasteiger partial charge on any atom is 0.310 e. The summed E-state index contributed by atoms with van der Waals surface area (Å²) >= 11 is 0. The van der Waals surface area contributed by atoms with Gasteiger partial charge in [-0.05, 0) is 40.4 Å². The molecular weight excluding hydrogens is 304 g/mol. The average Bonchev–Trinajstić information content (AvgIpc) is 2.43. The molecule has 1 rings (SSSR count). The van der Waals surface area contributed by atoms with Crippen LogP contribution in [0.1, 0.15) is 71.1 Å². The van der Waals surface area contributed by atoms with Crippen LogP contribution in [0.2, 0.25) is 0 Å². The molecule has 0 unspecified atom stereocenters. The van der Waals surface area contributed by atoms with Gasteiger partial charge in [0.15, 0.2) is 0 Å². The molecule has 0 aromatic heterocycles. The number of phenolic OH excluding ortho intramolecular Hbond substituents is 1. The van der Waals surface area contributed by atoms with Gasteiger partial charge in [0.25, 0.3) is 0 Å². The van der Waals surface area contributed by atoms with Gasteiger partial charge in [-0.3, -0.25) is 4.79 Å². The molecule has 0 radical (unpaired) electrons. The first-order valence-electron chi connectivity index (χ1n) is 8.60. The van der Waals surface area contributed by atoms with E-state index in [1.165, 1.54) is 0 Å². The third kappa shape index (κ3) is 5.82. The van der Waals surface area contributed by atoms with E-state index in [4.69, 9.17) is 9.84 Å². The van der Waals surface area contributed by atoms with Crippen LogP contribution in [0.15, 0.2) is 12.1 Å². The average molecular weight is 336 g/mol. The maximum atomic E-state index is 12.0. The molecule has 0 heterocycles. The number of aromatic hydroxyl groups is 1. The van der Waals surface area contributed by atoms with E-state index in [2.05, 4.69) is 0 Å². The third-order valence-electron chi connectivity index (χ3n) is 3.95. The van der Waals surface area contributed by atoms with E-state index in [9.17, 15) is 9.90 Å². The molecule has 0 bridgehead atoms. The maximum absolute atomic E-state index is 12.0. The SMILES string of the molecule is CC(C)(C)c1cc(CC(=O)OCCCCO)cc(C(C)(C)C)c1O. The zero-order chi connectivity index (χ0) is 18.5. The van der Waals surface area contributed by atoms with Gasteiger partial charge in [-0.2, -0.15) is 0 Å². The zero-order valence-corrected chi connectivity index (χ0v) is 15.9. The van der Waals surface area contributed by atoms with Crippen LogP contribution in [0.3, 0.4) is 0 Å². The number of esters is 1. The summed E-state index contributed by atoms with van der Waals surface area (Å²) < 4.78 is 5.22. The Morgan fingerprint density at radius 3 is 1.92 bits per heavy atom. The van der Waals surface area contributed by atoms with Gasteiger partial charge in [0.2, 0.25) is 0 Å². The van der Waals surface area contributed by atoms with E-state index >= 15 is 0 Å². The molecule has 136 valence electrons. The fraction of sp³-hybridized carbons (Fsp3) is 0.650. The van der Waals surface area contributed by atoms with E-state index in [1.54, 1.807) is 0 Å². The van der Waals surface area contributed by atoms with Crippen molar-refractivity contribution >= 4 is 5.97 Å². The number of benzene rings is 1. The minimum absolute atomic E-state index is 0.111. The number of unbranched alkanes of at least 4 members (excludes halogenated alkanes) is 1. The molecule has 0 amide bonds. The first kappa shape index (κ1) is 20.5. The first-order valence-corrected chi connectivity index (χ1v) is 8.60. The van der Waals surface area contributed by atoms with Gasteiger partial charge < -0.3 is 14.9 Å². The summed E-state index contributed by atoms with van der Waals surface area (Å²) in [7, 11) is 0. The van der Waals surface area contributed by atoms with Gasteiger partial charge >= 0.3 is 5.97 Å². The summed E-state index contributed by atoms with van der Waals surface area (Å²) in [5.41, 5.74) is 2.11. The van der Waals surface area contributed by atoms with Crippen molar-refractivity contribution in [3.05, 3.63) is 28.8 Å². The van der Waals surface area contributed by atoms with Gasteiger partial charge in [0.1, 0.15) is 5.75 Å². The second-order valence-corrected chi connectivity index (χ2v) is 8.37. The van der Waals surface area contributed by atoms with Crippen molar-refractivity contribution in [1.82, 2.24) is 0 Å². The summed E-state index contributed by atoms with van der Waals surface area (Å²) in [6, 6.07) is 3.80. The standard InChI is InChI=1S/C20H32O4/c1-19(2,3)15-11-14(12-16(18(15)23)20(4,5)6)13-17(22)24-10-8-7-9-21/h11-12,21,23H,7-10,13H2,1-6H3. The predicted molar refractivity (Wildman–Crippen MR) is 96.5 cm³/mol. The van der Waals surface area contributed by atoms with Crippen LogP contribution in [-0.2, 0) is 26.8 Å². The number of rotatable bonds is 6.